The number of anilines is 2. The summed E-state index contributed by atoms with van der Waals surface area (Å²) < 4.78 is 33.1. The fourth-order valence-corrected chi connectivity index (χ4v) is 4.33. The lowest BCUT2D eigenvalue weighted by atomic mass is 10.2. The Hall–Kier alpha value is -2.61. The zero-order valence-electron chi connectivity index (χ0n) is 14.8. The van der Waals surface area contributed by atoms with E-state index in [0.717, 1.165) is 4.47 Å². The van der Waals surface area contributed by atoms with Gasteiger partial charge >= 0.3 is 0 Å². The number of rotatable bonds is 5. The smallest absolute Gasteiger partial charge is 0.238 e. The lowest BCUT2D eigenvalue weighted by Gasteiger charge is -2.06. The van der Waals surface area contributed by atoms with Crippen LogP contribution in [0.2, 0.25) is 5.02 Å². The molecular weight excluding hydrogens is 476 g/mol. The van der Waals surface area contributed by atoms with Crippen molar-refractivity contribution in [3.63, 3.8) is 0 Å². The van der Waals surface area contributed by atoms with Gasteiger partial charge in [-0.2, -0.15) is 4.98 Å². The lowest BCUT2D eigenvalue weighted by Crippen LogP contribution is -2.05. The number of nitrogens with one attached hydrogen (secondary N) is 1. The van der Waals surface area contributed by atoms with Crippen LogP contribution in [0.5, 0.6) is 0 Å². The van der Waals surface area contributed by atoms with Crippen LogP contribution in [0, 0.1) is 0 Å². The Morgan fingerprint density at radius 1 is 0.897 bits per heavy atom. The molecule has 29 heavy (non-hydrogen) atoms. The van der Waals surface area contributed by atoms with E-state index in [1.54, 1.807) is 54.6 Å². The molecule has 0 radical (unpaired) electrons. The first-order valence-electron chi connectivity index (χ1n) is 8.53. The fraction of sp³-hybridized carbons (Fsp3) is 0. The molecule has 3 aromatic carbocycles. The molecule has 0 saturated carbocycles. The summed E-state index contributed by atoms with van der Waals surface area (Å²) in [6.45, 7) is 0. The first-order chi connectivity index (χ1) is 13.9. The molecule has 0 saturated heterocycles. The van der Waals surface area contributed by atoms with Gasteiger partial charge in [0.1, 0.15) is 0 Å². The molecule has 0 aliphatic rings. The first kappa shape index (κ1) is 19.7. The van der Waals surface area contributed by atoms with E-state index in [4.69, 9.17) is 16.0 Å². The van der Waals surface area contributed by atoms with Crippen LogP contribution in [-0.2, 0) is 9.84 Å². The number of hydrogen-bond donors (Lipinski definition) is 1. The Labute approximate surface area is 181 Å². The second kappa shape index (κ2) is 8.02. The molecule has 0 fully saturated rings. The van der Waals surface area contributed by atoms with Crippen LogP contribution in [0.4, 0.5) is 11.6 Å². The van der Waals surface area contributed by atoms with E-state index in [-0.39, 0.29) is 21.7 Å². The van der Waals surface area contributed by atoms with Gasteiger partial charge in [-0.25, -0.2) is 8.42 Å². The van der Waals surface area contributed by atoms with Gasteiger partial charge in [-0.1, -0.05) is 45.7 Å². The van der Waals surface area contributed by atoms with Gasteiger partial charge in [-0.05, 0) is 60.7 Å². The number of oxazole rings is 1. The van der Waals surface area contributed by atoms with Gasteiger partial charge in [0.25, 0.3) is 0 Å². The van der Waals surface area contributed by atoms with Crippen molar-refractivity contribution in [2.75, 3.05) is 5.32 Å². The Kier molecular flexibility index (Phi) is 5.45. The molecule has 146 valence electrons. The van der Waals surface area contributed by atoms with Gasteiger partial charge in [0, 0.05) is 20.7 Å². The summed E-state index contributed by atoms with van der Waals surface area (Å²) in [6.07, 6.45) is 0. The summed E-state index contributed by atoms with van der Waals surface area (Å²) in [6, 6.07) is 22.2. The maximum absolute atomic E-state index is 13.2. The third-order valence-corrected chi connectivity index (χ3v) is 6.56. The monoisotopic (exact) mass is 488 g/mol. The first-order valence-corrected chi connectivity index (χ1v) is 11.2. The summed E-state index contributed by atoms with van der Waals surface area (Å²) in [5.41, 5.74) is 1.28. The van der Waals surface area contributed by atoms with Gasteiger partial charge in [-0.3, -0.25) is 0 Å². The maximum atomic E-state index is 13.2. The van der Waals surface area contributed by atoms with Crippen LogP contribution in [0.3, 0.4) is 0 Å². The van der Waals surface area contributed by atoms with Gasteiger partial charge in [0.2, 0.25) is 26.6 Å². The minimum absolute atomic E-state index is 0.0362. The van der Waals surface area contributed by atoms with Crippen LogP contribution in [0.1, 0.15) is 0 Å². The number of sulfone groups is 1. The molecule has 4 aromatic rings. The molecule has 0 atom stereocenters. The normalized spacial score (nSPS) is 11.4. The predicted molar refractivity (Wildman–Crippen MR) is 116 cm³/mol. The third kappa shape index (κ3) is 4.22. The van der Waals surface area contributed by atoms with Crippen LogP contribution in [0.25, 0.3) is 11.5 Å². The number of halogens is 2. The second-order valence-electron chi connectivity index (χ2n) is 6.11. The van der Waals surface area contributed by atoms with Crippen molar-refractivity contribution >= 4 is 48.9 Å². The quantitative estimate of drug-likeness (QED) is 0.354. The third-order valence-electron chi connectivity index (χ3n) is 4.10. The molecule has 0 aliphatic carbocycles. The van der Waals surface area contributed by atoms with Crippen molar-refractivity contribution in [1.29, 1.82) is 0 Å². The SMILES string of the molecule is O=S(=O)(c1ccccc1)c1nc(-c2ccc(Br)cc2)oc1Nc1ccc(Cl)cc1. The molecule has 0 unspecified atom stereocenters. The maximum Gasteiger partial charge on any atom is 0.238 e. The van der Waals surface area contributed by atoms with Crippen molar-refractivity contribution < 1.29 is 12.8 Å². The van der Waals surface area contributed by atoms with Crippen LogP contribution in [0.15, 0.2) is 97.7 Å². The molecule has 1 heterocycles. The van der Waals surface area contributed by atoms with Crippen LogP contribution < -0.4 is 5.32 Å². The van der Waals surface area contributed by atoms with E-state index in [0.29, 0.717) is 16.3 Å². The topological polar surface area (TPSA) is 72.2 Å². The minimum Gasteiger partial charge on any atom is -0.419 e. The summed E-state index contributed by atoms with van der Waals surface area (Å²) >= 11 is 9.31. The fourth-order valence-electron chi connectivity index (χ4n) is 2.66. The Balaban J connectivity index is 1.83. The predicted octanol–water partition coefficient (Wildman–Crippen LogP) is 6.33. The standard InChI is InChI=1S/C21H14BrClN2O3S/c22-15-8-6-14(7-9-15)19-25-21(29(26,27)18-4-2-1-3-5-18)20(28-19)24-17-12-10-16(23)11-13-17/h1-13,24H. The molecule has 8 heteroatoms. The molecule has 0 bridgehead atoms. The van der Waals surface area contributed by atoms with E-state index in [9.17, 15) is 8.42 Å². The Bertz CT molecular complexity index is 1240. The molecular formula is C21H14BrClN2O3S. The zero-order chi connectivity index (χ0) is 20.4. The summed E-state index contributed by atoms with van der Waals surface area (Å²) in [7, 11) is -3.90. The highest BCUT2D eigenvalue weighted by Gasteiger charge is 2.28. The average molecular weight is 490 g/mol. The van der Waals surface area contributed by atoms with E-state index in [1.165, 1.54) is 12.1 Å². The number of aromatic nitrogens is 1. The molecule has 0 aliphatic heterocycles. The Morgan fingerprint density at radius 2 is 1.55 bits per heavy atom. The van der Waals surface area contributed by atoms with Gasteiger partial charge in [0.15, 0.2) is 0 Å². The summed E-state index contributed by atoms with van der Waals surface area (Å²) in [5.74, 6) is 0.234. The summed E-state index contributed by atoms with van der Waals surface area (Å²) in [4.78, 5) is 4.45. The molecule has 0 spiro atoms. The highest BCUT2D eigenvalue weighted by Crippen LogP contribution is 2.34. The van der Waals surface area contributed by atoms with Crippen LogP contribution >= 0.6 is 27.5 Å². The number of benzene rings is 3. The van der Waals surface area contributed by atoms with Gasteiger partial charge in [0.05, 0.1) is 4.90 Å². The summed E-state index contributed by atoms with van der Waals surface area (Å²) in [5, 5.41) is 3.39. The van der Waals surface area contributed by atoms with E-state index < -0.39 is 9.84 Å². The van der Waals surface area contributed by atoms with Crippen LogP contribution in [-0.4, -0.2) is 13.4 Å². The van der Waals surface area contributed by atoms with Crippen molar-refractivity contribution in [2.24, 2.45) is 0 Å². The molecule has 1 N–H and O–H groups in total. The zero-order valence-corrected chi connectivity index (χ0v) is 18.0. The van der Waals surface area contributed by atoms with E-state index >= 15 is 0 Å². The molecule has 5 nitrogen and oxygen atoms in total. The highest BCUT2D eigenvalue weighted by atomic mass is 79.9. The molecule has 4 rings (SSSR count). The van der Waals surface area contributed by atoms with E-state index in [2.05, 4.69) is 26.2 Å². The second-order valence-corrected chi connectivity index (χ2v) is 9.33. The molecule has 1 aromatic heterocycles. The minimum atomic E-state index is -3.90. The van der Waals surface area contributed by atoms with Crippen molar-refractivity contribution in [2.45, 2.75) is 9.92 Å². The largest absolute Gasteiger partial charge is 0.419 e. The van der Waals surface area contributed by atoms with Crippen molar-refractivity contribution in [1.82, 2.24) is 4.98 Å². The van der Waals surface area contributed by atoms with E-state index in [1.807, 2.05) is 12.1 Å². The average Bonchev–Trinajstić information content (AvgIpc) is 3.15. The lowest BCUT2D eigenvalue weighted by molar-refractivity contribution is 0.582. The Morgan fingerprint density at radius 3 is 2.21 bits per heavy atom. The van der Waals surface area contributed by atoms with Crippen molar-refractivity contribution in [3.05, 3.63) is 88.4 Å². The van der Waals surface area contributed by atoms with Crippen molar-refractivity contribution in [3.8, 4) is 11.5 Å². The highest BCUT2D eigenvalue weighted by molar-refractivity contribution is 9.10. The molecule has 0 amide bonds. The van der Waals surface area contributed by atoms with Gasteiger partial charge < -0.3 is 9.73 Å². The van der Waals surface area contributed by atoms with Gasteiger partial charge in [-0.15, -0.1) is 0 Å². The number of nitrogens with zero attached hydrogens (tertiary/aromatic N) is 1. The number of hydrogen-bond acceptors (Lipinski definition) is 5.